The molecule has 1 N–H and O–H groups in total. The largest absolute Gasteiger partial charge is 0.298 e. The SMILES string of the molecule is O=C(/C=C/c1ccc([N+](=O)[O-])cc1)Nc1nc(-c2ccc(Cl)c(Cl)c2)cs1. The van der Waals surface area contributed by atoms with Crippen LogP contribution in [0, 0.1) is 10.1 Å². The standard InChI is InChI=1S/C18H11Cl2N3O3S/c19-14-7-4-12(9-15(14)20)16-10-27-18(21-16)22-17(24)8-3-11-1-5-13(6-2-11)23(25)26/h1-10H,(H,21,22,24)/b8-3+. The summed E-state index contributed by atoms with van der Waals surface area (Å²) in [6, 6.07) is 11.1. The van der Waals surface area contributed by atoms with Crippen molar-refractivity contribution in [2.75, 3.05) is 5.32 Å². The Labute approximate surface area is 168 Å². The molecule has 3 aromatic rings. The summed E-state index contributed by atoms with van der Waals surface area (Å²) in [5.74, 6) is -0.358. The minimum atomic E-state index is -0.478. The molecular formula is C18H11Cl2N3O3S. The van der Waals surface area contributed by atoms with Crippen LogP contribution in [0.2, 0.25) is 10.0 Å². The number of thiazole rings is 1. The Morgan fingerprint density at radius 3 is 2.56 bits per heavy atom. The first-order valence-corrected chi connectivity index (χ1v) is 9.20. The summed E-state index contributed by atoms with van der Waals surface area (Å²) in [5.41, 5.74) is 2.14. The van der Waals surface area contributed by atoms with Crippen molar-refractivity contribution < 1.29 is 9.72 Å². The molecular weight excluding hydrogens is 409 g/mol. The van der Waals surface area contributed by atoms with Crippen LogP contribution in [0.1, 0.15) is 5.56 Å². The summed E-state index contributed by atoms with van der Waals surface area (Å²) in [5, 5.41) is 16.4. The van der Waals surface area contributed by atoms with E-state index < -0.39 is 4.92 Å². The molecule has 1 aromatic heterocycles. The molecule has 0 aliphatic rings. The molecule has 6 nitrogen and oxygen atoms in total. The first-order valence-electron chi connectivity index (χ1n) is 7.57. The van der Waals surface area contributed by atoms with Crippen molar-refractivity contribution in [1.82, 2.24) is 4.98 Å². The van der Waals surface area contributed by atoms with E-state index in [1.54, 1.807) is 41.8 Å². The van der Waals surface area contributed by atoms with Gasteiger partial charge in [-0.05, 0) is 35.9 Å². The van der Waals surface area contributed by atoms with Crippen LogP contribution in [-0.4, -0.2) is 15.8 Å². The molecule has 0 spiro atoms. The molecule has 0 fully saturated rings. The first-order chi connectivity index (χ1) is 12.9. The van der Waals surface area contributed by atoms with Gasteiger partial charge in [0, 0.05) is 29.2 Å². The third-order valence-electron chi connectivity index (χ3n) is 3.48. The molecule has 0 saturated carbocycles. The Balaban J connectivity index is 1.65. The van der Waals surface area contributed by atoms with Crippen molar-refractivity contribution in [1.29, 1.82) is 0 Å². The summed E-state index contributed by atoms with van der Waals surface area (Å²) in [7, 11) is 0. The zero-order chi connectivity index (χ0) is 19.4. The fraction of sp³-hybridized carbons (Fsp3) is 0. The third kappa shape index (κ3) is 4.91. The molecule has 136 valence electrons. The summed E-state index contributed by atoms with van der Waals surface area (Å²) in [6.45, 7) is 0. The van der Waals surface area contributed by atoms with E-state index in [1.165, 1.54) is 29.5 Å². The zero-order valence-corrected chi connectivity index (χ0v) is 15.9. The van der Waals surface area contributed by atoms with Crippen LogP contribution in [0.25, 0.3) is 17.3 Å². The lowest BCUT2D eigenvalue weighted by Gasteiger charge is -2.00. The second-order valence-corrected chi connectivity index (χ2v) is 7.01. The number of carbonyl (C=O) groups is 1. The number of aromatic nitrogens is 1. The molecule has 9 heteroatoms. The lowest BCUT2D eigenvalue weighted by Crippen LogP contribution is -2.07. The number of non-ortho nitro benzene ring substituents is 1. The van der Waals surface area contributed by atoms with Crippen LogP contribution >= 0.6 is 34.5 Å². The van der Waals surface area contributed by atoms with Gasteiger partial charge >= 0.3 is 0 Å². The molecule has 0 aliphatic heterocycles. The number of nitro benzene ring substituents is 1. The van der Waals surface area contributed by atoms with Gasteiger partial charge in [-0.1, -0.05) is 29.3 Å². The van der Waals surface area contributed by atoms with E-state index in [1.807, 2.05) is 0 Å². The van der Waals surface area contributed by atoms with Gasteiger partial charge in [-0.15, -0.1) is 11.3 Å². The number of nitro groups is 1. The Bertz CT molecular complexity index is 1030. The maximum atomic E-state index is 12.0. The second-order valence-electron chi connectivity index (χ2n) is 5.34. The minimum absolute atomic E-state index is 0.00535. The molecule has 0 radical (unpaired) electrons. The quantitative estimate of drug-likeness (QED) is 0.327. The molecule has 1 amide bonds. The molecule has 0 aliphatic carbocycles. The fourth-order valence-electron chi connectivity index (χ4n) is 2.15. The number of hydrogen-bond acceptors (Lipinski definition) is 5. The van der Waals surface area contributed by atoms with Gasteiger partial charge in [-0.25, -0.2) is 4.98 Å². The monoisotopic (exact) mass is 419 g/mol. The van der Waals surface area contributed by atoms with Crippen LogP contribution in [0.4, 0.5) is 10.8 Å². The first kappa shape index (κ1) is 19.0. The maximum absolute atomic E-state index is 12.0. The Kier molecular flexibility index (Phi) is 5.85. The smallest absolute Gasteiger partial charge is 0.269 e. The summed E-state index contributed by atoms with van der Waals surface area (Å²) in [4.78, 5) is 26.5. The van der Waals surface area contributed by atoms with Crippen LogP contribution in [0.3, 0.4) is 0 Å². The van der Waals surface area contributed by atoms with Crippen molar-refractivity contribution in [3.05, 3.63) is 79.6 Å². The van der Waals surface area contributed by atoms with Gasteiger partial charge in [0.15, 0.2) is 5.13 Å². The average molecular weight is 420 g/mol. The molecule has 27 heavy (non-hydrogen) atoms. The molecule has 0 unspecified atom stereocenters. The summed E-state index contributed by atoms with van der Waals surface area (Å²) >= 11 is 13.2. The topological polar surface area (TPSA) is 85.1 Å². The predicted molar refractivity (Wildman–Crippen MR) is 108 cm³/mol. The predicted octanol–water partition coefficient (Wildman–Crippen LogP) is 5.68. The number of amides is 1. The number of nitrogens with one attached hydrogen (secondary N) is 1. The molecule has 3 rings (SSSR count). The average Bonchev–Trinajstić information content (AvgIpc) is 3.11. The Hall–Kier alpha value is -2.74. The minimum Gasteiger partial charge on any atom is -0.298 e. The van der Waals surface area contributed by atoms with E-state index in [9.17, 15) is 14.9 Å². The number of anilines is 1. The summed E-state index contributed by atoms with van der Waals surface area (Å²) < 4.78 is 0. The molecule has 0 bridgehead atoms. The maximum Gasteiger partial charge on any atom is 0.269 e. The van der Waals surface area contributed by atoms with Gasteiger partial charge in [0.1, 0.15) is 0 Å². The number of hydrogen-bond donors (Lipinski definition) is 1. The van der Waals surface area contributed by atoms with E-state index in [4.69, 9.17) is 23.2 Å². The van der Waals surface area contributed by atoms with Crippen LogP contribution < -0.4 is 5.32 Å². The van der Waals surface area contributed by atoms with E-state index >= 15 is 0 Å². The van der Waals surface area contributed by atoms with Crippen LogP contribution in [-0.2, 0) is 4.79 Å². The van der Waals surface area contributed by atoms with Crippen molar-refractivity contribution in [2.24, 2.45) is 0 Å². The second kappa shape index (κ2) is 8.30. The highest BCUT2D eigenvalue weighted by Gasteiger charge is 2.08. The zero-order valence-electron chi connectivity index (χ0n) is 13.6. The van der Waals surface area contributed by atoms with E-state index in [-0.39, 0.29) is 11.6 Å². The Morgan fingerprint density at radius 2 is 1.89 bits per heavy atom. The van der Waals surface area contributed by atoms with Crippen molar-refractivity contribution in [3.63, 3.8) is 0 Å². The number of benzene rings is 2. The third-order valence-corrected chi connectivity index (χ3v) is 4.98. The lowest BCUT2D eigenvalue weighted by molar-refractivity contribution is -0.384. The Morgan fingerprint density at radius 1 is 1.15 bits per heavy atom. The number of nitrogens with zero attached hydrogens (tertiary/aromatic N) is 2. The van der Waals surface area contributed by atoms with Gasteiger partial charge < -0.3 is 0 Å². The van der Waals surface area contributed by atoms with E-state index in [2.05, 4.69) is 10.3 Å². The highest BCUT2D eigenvalue weighted by atomic mass is 35.5. The van der Waals surface area contributed by atoms with E-state index in [0.29, 0.717) is 26.4 Å². The van der Waals surface area contributed by atoms with Crippen LogP contribution in [0.15, 0.2) is 53.9 Å². The van der Waals surface area contributed by atoms with Gasteiger partial charge in [0.2, 0.25) is 5.91 Å². The van der Waals surface area contributed by atoms with Gasteiger partial charge in [0.05, 0.1) is 20.7 Å². The molecule has 1 heterocycles. The van der Waals surface area contributed by atoms with E-state index in [0.717, 1.165) is 5.56 Å². The number of rotatable bonds is 5. The number of halogens is 2. The molecule has 0 atom stereocenters. The van der Waals surface area contributed by atoms with Crippen molar-refractivity contribution >= 4 is 57.3 Å². The fourth-order valence-corrected chi connectivity index (χ4v) is 3.17. The van der Waals surface area contributed by atoms with Gasteiger partial charge in [-0.2, -0.15) is 0 Å². The highest BCUT2D eigenvalue weighted by molar-refractivity contribution is 7.14. The molecule has 0 saturated heterocycles. The van der Waals surface area contributed by atoms with Gasteiger partial charge in [0.25, 0.3) is 5.69 Å². The normalized spacial score (nSPS) is 10.9. The van der Waals surface area contributed by atoms with Gasteiger partial charge in [-0.3, -0.25) is 20.2 Å². The van der Waals surface area contributed by atoms with Crippen LogP contribution in [0.5, 0.6) is 0 Å². The highest BCUT2D eigenvalue weighted by Crippen LogP contribution is 2.30. The van der Waals surface area contributed by atoms with Crippen molar-refractivity contribution in [2.45, 2.75) is 0 Å². The number of carbonyl (C=O) groups excluding carboxylic acids is 1. The molecule has 2 aromatic carbocycles. The lowest BCUT2D eigenvalue weighted by atomic mass is 10.2. The van der Waals surface area contributed by atoms with Crippen molar-refractivity contribution in [3.8, 4) is 11.3 Å². The summed E-state index contributed by atoms with van der Waals surface area (Å²) in [6.07, 6.45) is 2.90.